The van der Waals surface area contributed by atoms with Crippen LogP contribution in [0.2, 0.25) is 0 Å². The van der Waals surface area contributed by atoms with Crippen LogP contribution in [-0.4, -0.2) is 26.5 Å². The third-order valence-corrected chi connectivity index (χ3v) is 3.10. The summed E-state index contributed by atoms with van der Waals surface area (Å²) in [5.41, 5.74) is 2.30. The largest absolute Gasteiger partial charge is 0.490 e. The molecule has 1 unspecified atom stereocenters. The molecule has 16 heavy (non-hydrogen) atoms. The molecule has 0 fully saturated rings. The van der Waals surface area contributed by atoms with Crippen molar-refractivity contribution in [1.29, 1.82) is 0 Å². The molecule has 0 radical (unpaired) electrons. The van der Waals surface area contributed by atoms with Crippen molar-refractivity contribution in [3.8, 4) is 5.75 Å². The quantitative estimate of drug-likeness (QED) is 0.730. The van der Waals surface area contributed by atoms with Crippen molar-refractivity contribution < 1.29 is 9.53 Å². The van der Waals surface area contributed by atoms with E-state index in [4.69, 9.17) is 4.74 Å². The Morgan fingerprint density at radius 2 is 2.38 bits per heavy atom. The molecule has 2 rings (SSSR count). The summed E-state index contributed by atoms with van der Waals surface area (Å²) in [7, 11) is 2.07. The van der Waals surface area contributed by atoms with Crippen molar-refractivity contribution in [3.05, 3.63) is 23.8 Å². The SMILES string of the molecule is CC(CC=O)c1ccc2c(c1)OCCN2C. The average molecular weight is 219 g/mol. The van der Waals surface area contributed by atoms with Crippen molar-refractivity contribution in [2.45, 2.75) is 19.3 Å². The van der Waals surface area contributed by atoms with E-state index >= 15 is 0 Å². The van der Waals surface area contributed by atoms with Crippen molar-refractivity contribution in [2.24, 2.45) is 0 Å². The number of anilines is 1. The van der Waals surface area contributed by atoms with Crippen molar-refractivity contribution in [3.63, 3.8) is 0 Å². The number of nitrogens with zero attached hydrogens (tertiary/aromatic N) is 1. The zero-order valence-electron chi connectivity index (χ0n) is 9.77. The third kappa shape index (κ3) is 2.03. The minimum Gasteiger partial charge on any atom is -0.490 e. The number of aldehydes is 1. The van der Waals surface area contributed by atoms with Gasteiger partial charge in [0.05, 0.1) is 12.2 Å². The molecule has 1 aliphatic rings. The predicted molar refractivity (Wildman–Crippen MR) is 64.3 cm³/mol. The molecule has 3 nitrogen and oxygen atoms in total. The lowest BCUT2D eigenvalue weighted by molar-refractivity contribution is -0.108. The van der Waals surface area contributed by atoms with E-state index in [0.29, 0.717) is 6.42 Å². The number of carbonyl (C=O) groups is 1. The Kier molecular flexibility index (Phi) is 3.13. The first kappa shape index (κ1) is 11.0. The second kappa shape index (κ2) is 4.56. The van der Waals surface area contributed by atoms with Gasteiger partial charge in [-0.1, -0.05) is 13.0 Å². The van der Waals surface area contributed by atoms with Crippen molar-refractivity contribution in [2.75, 3.05) is 25.1 Å². The molecule has 86 valence electrons. The Bertz CT molecular complexity index is 390. The van der Waals surface area contributed by atoms with E-state index in [0.717, 1.165) is 30.9 Å². The summed E-state index contributed by atoms with van der Waals surface area (Å²) in [6.45, 7) is 3.72. The van der Waals surface area contributed by atoms with Crippen LogP contribution in [0.25, 0.3) is 0 Å². The highest BCUT2D eigenvalue weighted by Crippen LogP contribution is 2.33. The van der Waals surface area contributed by atoms with E-state index in [2.05, 4.69) is 37.1 Å². The second-order valence-corrected chi connectivity index (χ2v) is 4.30. The van der Waals surface area contributed by atoms with Gasteiger partial charge in [-0.2, -0.15) is 0 Å². The first-order valence-corrected chi connectivity index (χ1v) is 5.64. The molecule has 0 saturated heterocycles. The van der Waals surface area contributed by atoms with Crippen molar-refractivity contribution in [1.82, 2.24) is 0 Å². The molecule has 1 atom stereocenters. The fourth-order valence-corrected chi connectivity index (χ4v) is 1.96. The van der Waals surface area contributed by atoms with Gasteiger partial charge in [0.2, 0.25) is 0 Å². The summed E-state index contributed by atoms with van der Waals surface area (Å²) in [5, 5.41) is 0. The van der Waals surface area contributed by atoms with Crippen LogP contribution in [0.1, 0.15) is 24.8 Å². The van der Waals surface area contributed by atoms with E-state index in [1.165, 1.54) is 5.56 Å². The lowest BCUT2D eigenvalue weighted by Crippen LogP contribution is -2.28. The standard InChI is InChI=1S/C13H17NO2/c1-10(5-7-15)11-3-4-12-13(9-11)16-8-6-14(12)2/h3-4,7,9-10H,5-6,8H2,1-2H3. The Hall–Kier alpha value is -1.51. The van der Waals surface area contributed by atoms with Gasteiger partial charge in [-0.3, -0.25) is 0 Å². The number of carbonyl (C=O) groups excluding carboxylic acids is 1. The topological polar surface area (TPSA) is 29.5 Å². The molecular formula is C13H17NO2. The number of hydrogen-bond donors (Lipinski definition) is 0. The molecule has 0 spiro atoms. The Balaban J connectivity index is 2.28. The smallest absolute Gasteiger partial charge is 0.142 e. The number of benzene rings is 1. The van der Waals surface area contributed by atoms with Crippen LogP contribution in [0, 0.1) is 0 Å². The molecule has 0 saturated carbocycles. The zero-order chi connectivity index (χ0) is 11.5. The van der Waals surface area contributed by atoms with E-state index in [1.54, 1.807) is 0 Å². The first-order valence-electron chi connectivity index (χ1n) is 5.64. The summed E-state index contributed by atoms with van der Waals surface area (Å²) in [4.78, 5) is 12.7. The Morgan fingerprint density at radius 3 is 3.12 bits per heavy atom. The predicted octanol–water partition coefficient (Wildman–Crippen LogP) is 2.21. The van der Waals surface area contributed by atoms with Gasteiger partial charge >= 0.3 is 0 Å². The fourth-order valence-electron chi connectivity index (χ4n) is 1.96. The molecule has 0 N–H and O–H groups in total. The van der Waals surface area contributed by atoms with Crippen LogP contribution < -0.4 is 9.64 Å². The van der Waals surface area contributed by atoms with E-state index in [-0.39, 0.29) is 5.92 Å². The van der Waals surface area contributed by atoms with Gasteiger partial charge in [0, 0.05) is 13.5 Å². The zero-order valence-corrected chi connectivity index (χ0v) is 9.77. The maximum absolute atomic E-state index is 10.5. The van der Waals surface area contributed by atoms with Crippen LogP contribution in [-0.2, 0) is 4.79 Å². The average Bonchev–Trinajstić information content (AvgIpc) is 2.29. The molecule has 0 bridgehead atoms. The van der Waals surface area contributed by atoms with E-state index < -0.39 is 0 Å². The molecule has 1 aromatic carbocycles. The minimum absolute atomic E-state index is 0.263. The second-order valence-electron chi connectivity index (χ2n) is 4.30. The van der Waals surface area contributed by atoms with E-state index in [9.17, 15) is 4.79 Å². The fraction of sp³-hybridized carbons (Fsp3) is 0.462. The number of ether oxygens (including phenoxy) is 1. The Morgan fingerprint density at radius 1 is 1.56 bits per heavy atom. The minimum atomic E-state index is 0.263. The summed E-state index contributed by atoms with van der Waals surface area (Å²) < 4.78 is 5.63. The molecule has 0 aliphatic carbocycles. The number of likely N-dealkylation sites (N-methyl/N-ethyl adjacent to an activating group) is 1. The summed E-state index contributed by atoms with van der Waals surface area (Å²) >= 11 is 0. The molecule has 1 aliphatic heterocycles. The van der Waals surface area contributed by atoms with Crippen LogP contribution in [0.3, 0.4) is 0 Å². The highest BCUT2D eigenvalue weighted by molar-refractivity contribution is 5.61. The number of hydrogen-bond acceptors (Lipinski definition) is 3. The van der Waals surface area contributed by atoms with Gasteiger partial charge in [-0.25, -0.2) is 0 Å². The van der Waals surface area contributed by atoms with Crippen LogP contribution in [0.4, 0.5) is 5.69 Å². The highest BCUT2D eigenvalue weighted by Gasteiger charge is 2.16. The van der Waals surface area contributed by atoms with Gasteiger partial charge in [-0.15, -0.1) is 0 Å². The molecule has 0 aromatic heterocycles. The maximum Gasteiger partial charge on any atom is 0.142 e. The highest BCUT2D eigenvalue weighted by atomic mass is 16.5. The number of rotatable bonds is 3. The van der Waals surface area contributed by atoms with Crippen LogP contribution >= 0.6 is 0 Å². The lowest BCUT2D eigenvalue weighted by Gasteiger charge is -2.28. The lowest BCUT2D eigenvalue weighted by atomic mass is 9.97. The summed E-state index contributed by atoms with van der Waals surface area (Å²) in [6, 6.07) is 6.21. The van der Waals surface area contributed by atoms with Gasteiger partial charge < -0.3 is 14.4 Å². The molecule has 0 amide bonds. The van der Waals surface area contributed by atoms with E-state index in [1.807, 2.05) is 0 Å². The monoisotopic (exact) mass is 219 g/mol. The maximum atomic E-state index is 10.5. The van der Waals surface area contributed by atoms with Gasteiger partial charge in [0.15, 0.2) is 0 Å². The van der Waals surface area contributed by atoms with Gasteiger partial charge in [0.25, 0.3) is 0 Å². The summed E-state index contributed by atoms with van der Waals surface area (Å²) in [6.07, 6.45) is 1.53. The third-order valence-electron chi connectivity index (χ3n) is 3.10. The number of fused-ring (bicyclic) bond motifs is 1. The molecular weight excluding hydrogens is 202 g/mol. The van der Waals surface area contributed by atoms with Gasteiger partial charge in [-0.05, 0) is 23.6 Å². The van der Waals surface area contributed by atoms with Gasteiger partial charge in [0.1, 0.15) is 18.6 Å². The van der Waals surface area contributed by atoms with Crippen molar-refractivity contribution >= 4 is 12.0 Å². The Labute approximate surface area is 96.0 Å². The van der Waals surface area contributed by atoms with Crippen LogP contribution in [0.15, 0.2) is 18.2 Å². The first-order chi connectivity index (χ1) is 7.72. The molecule has 1 aromatic rings. The normalized spacial score (nSPS) is 16.2. The van der Waals surface area contributed by atoms with Crippen LogP contribution in [0.5, 0.6) is 5.75 Å². The summed E-state index contributed by atoms with van der Waals surface area (Å²) in [5.74, 6) is 1.20. The molecule has 3 heteroatoms. The molecule has 1 heterocycles.